The third-order valence-corrected chi connectivity index (χ3v) is 3.20. The third kappa shape index (κ3) is 4.75. The summed E-state index contributed by atoms with van der Waals surface area (Å²) >= 11 is 2.06. The van der Waals surface area contributed by atoms with Crippen molar-refractivity contribution in [2.75, 3.05) is 6.61 Å². The van der Waals surface area contributed by atoms with Crippen molar-refractivity contribution < 1.29 is 25.0 Å². The van der Waals surface area contributed by atoms with Gasteiger partial charge in [-0.05, 0) is 53.8 Å². The van der Waals surface area contributed by atoms with Crippen LogP contribution in [0.2, 0.25) is 0 Å². The van der Waals surface area contributed by atoms with Crippen molar-refractivity contribution in [1.29, 1.82) is 0 Å². The Balaban J connectivity index is 2.98. The van der Waals surface area contributed by atoms with Gasteiger partial charge in [0.25, 0.3) is 5.91 Å². The normalized spacial score (nSPS) is 14.2. The molecule has 0 aliphatic carbocycles. The minimum atomic E-state index is -1.13. The standard InChI is InChI=1S/C13H16INO5/c1-2-20-11(5-6-12(17)15-19)13(18)9-7-8(14)3-4-10(9)16/h3-7,11,13,16,18-19H,2H2,1H3,(H,15,17)/b6-5+/t11-,13-/m0/s1. The predicted octanol–water partition coefficient (Wildman–Crippen LogP) is 1.50. The lowest BCUT2D eigenvalue weighted by atomic mass is 10.0. The summed E-state index contributed by atoms with van der Waals surface area (Å²) in [5.41, 5.74) is 1.76. The minimum Gasteiger partial charge on any atom is -0.508 e. The molecule has 0 bridgehead atoms. The van der Waals surface area contributed by atoms with Gasteiger partial charge in [0.1, 0.15) is 18.0 Å². The number of hydrogen-bond donors (Lipinski definition) is 4. The van der Waals surface area contributed by atoms with Gasteiger partial charge in [-0.2, -0.15) is 0 Å². The Morgan fingerprint density at radius 2 is 2.25 bits per heavy atom. The van der Waals surface area contributed by atoms with E-state index in [2.05, 4.69) is 22.6 Å². The Kier molecular flexibility index (Phi) is 6.93. The SMILES string of the molecule is CCO[C@@H](/C=C/C(=O)NO)[C@@H](O)c1cc(I)ccc1O. The van der Waals surface area contributed by atoms with E-state index in [4.69, 9.17) is 9.94 Å². The van der Waals surface area contributed by atoms with E-state index in [9.17, 15) is 15.0 Å². The van der Waals surface area contributed by atoms with Crippen LogP contribution >= 0.6 is 22.6 Å². The van der Waals surface area contributed by atoms with Crippen LogP contribution in [0.1, 0.15) is 18.6 Å². The maximum Gasteiger partial charge on any atom is 0.267 e. The number of benzene rings is 1. The van der Waals surface area contributed by atoms with Gasteiger partial charge in [-0.15, -0.1) is 0 Å². The summed E-state index contributed by atoms with van der Waals surface area (Å²) in [6.07, 6.45) is 0.418. The van der Waals surface area contributed by atoms with Gasteiger partial charge in [0, 0.05) is 21.8 Å². The first kappa shape index (κ1) is 16.9. The van der Waals surface area contributed by atoms with Crippen LogP contribution in [0.4, 0.5) is 0 Å². The number of phenolic OH excluding ortho intramolecular Hbond substituents is 1. The Morgan fingerprint density at radius 3 is 2.85 bits per heavy atom. The first-order chi connectivity index (χ1) is 9.49. The number of ether oxygens (including phenoxy) is 1. The first-order valence-corrected chi connectivity index (χ1v) is 6.97. The zero-order valence-electron chi connectivity index (χ0n) is 10.8. The van der Waals surface area contributed by atoms with Crippen LogP contribution in [0, 0.1) is 3.57 Å². The molecule has 1 amide bonds. The number of hydroxylamine groups is 1. The molecular weight excluding hydrogens is 377 g/mol. The van der Waals surface area contributed by atoms with Crippen molar-refractivity contribution in [3.05, 3.63) is 39.5 Å². The topological polar surface area (TPSA) is 99.0 Å². The lowest BCUT2D eigenvalue weighted by molar-refractivity contribution is -0.124. The molecule has 0 fully saturated rings. The van der Waals surface area contributed by atoms with Crippen molar-refractivity contribution >= 4 is 28.5 Å². The zero-order chi connectivity index (χ0) is 15.1. The molecular formula is C13H16INO5. The molecule has 0 heterocycles. The minimum absolute atomic E-state index is 0.0531. The van der Waals surface area contributed by atoms with Crippen molar-refractivity contribution in [3.63, 3.8) is 0 Å². The maximum absolute atomic E-state index is 11.0. The highest BCUT2D eigenvalue weighted by molar-refractivity contribution is 14.1. The van der Waals surface area contributed by atoms with E-state index in [0.29, 0.717) is 12.2 Å². The summed E-state index contributed by atoms with van der Waals surface area (Å²) in [5.74, 6) is -0.781. The number of halogens is 1. The molecule has 0 saturated carbocycles. The summed E-state index contributed by atoms with van der Waals surface area (Å²) in [4.78, 5) is 11.0. The Labute approximate surface area is 130 Å². The molecule has 20 heavy (non-hydrogen) atoms. The molecule has 1 aromatic rings. The number of amides is 1. The number of phenols is 1. The molecule has 6 nitrogen and oxygen atoms in total. The second kappa shape index (κ2) is 8.20. The molecule has 1 rings (SSSR count). The summed E-state index contributed by atoms with van der Waals surface area (Å²) in [7, 11) is 0. The van der Waals surface area contributed by atoms with Gasteiger partial charge in [-0.1, -0.05) is 0 Å². The number of rotatable bonds is 6. The molecule has 0 aliphatic rings. The molecule has 0 unspecified atom stereocenters. The van der Waals surface area contributed by atoms with Gasteiger partial charge in [0.2, 0.25) is 0 Å². The fourth-order valence-corrected chi connectivity index (χ4v) is 2.12. The zero-order valence-corrected chi connectivity index (χ0v) is 12.9. The van der Waals surface area contributed by atoms with Gasteiger partial charge < -0.3 is 14.9 Å². The molecule has 0 radical (unpaired) electrons. The monoisotopic (exact) mass is 393 g/mol. The molecule has 1 aromatic carbocycles. The maximum atomic E-state index is 11.0. The van der Waals surface area contributed by atoms with E-state index < -0.39 is 18.1 Å². The van der Waals surface area contributed by atoms with Gasteiger partial charge in [0.05, 0.1) is 0 Å². The summed E-state index contributed by atoms with van der Waals surface area (Å²) < 4.78 is 6.18. The third-order valence-electron chi connectivity index (χ3n) is 2.53. The van der Waals surface area contributed by atoms with E-state index in [0.717, 1.165) is 9.65 Å². The van der Waals surface area contributed by atoms with Crippen molar-refractivity contribution in [2.45, 2.75) is 19.1 Å². The summed E-state index contributed by atoms with van der Waals surface area (Å²) in [6, 6.07) is 4.82. The van der Waals surface area contributed by atoms with Crippen LogP contribution in [0.3, 0.4) is 0 Å². The van der Waals surface area contributed by atoms with E-state index in [1.165, 1.54) is 17.6 Å². The summed E-state index contributed by atoms with van der Waals surface area (Å²) in [5, 5.41) is 28.5. The predicted molar refractivity (Wildman–Crippen MR) is 80.3 cm³/mol. The number of aliphatic hydroxyl groups excluding tert-OH is 1. The van der Waals surface area contributed by atoms with Crippen LogP contribution in [0.15, 0.2) is 30.4 Å². The van der Waals surface area contributed by atoms with E-state index in [1.807, 2.05) is 0 Å². The van der Waals surface area contributed by atoms with Gasteiger partial charge in [-0.3, -0.25) is 10.0 Å². The molecule has 0 aliphatic heterocycles. The van der Waals surface area contributed by atoms with Crippen LogP contribution in [-0.2, 0) is 9.53 Å². The Bertz CT molecular complexity index is 492. The van der Waals surface area contributed by atoms with E-state index in [1.54, 1.807) is 19.1 Å². The lowest BCUT2D eigenvalue weighted by Crippen LogP contribution is -2.22. The number of carbonyl (C=O) groups excluding carboxylic acids is 1. The Hall–Kier alpha value is -1.16. The fraction of sp³-hybridized carbons (Fsp3) is 0.308. The van der Waals surface area contributed by atoms with Crippen LogP contribution < -0.4 is 5.48 Å². The smallest absolute Gasteiger partial charge is 0.267 e. The molecule has 0 spiro atoms. The van der Waals surface area contributed by atoms with Gasteiger partial charge in [-0.25, -0.2) is 5.48 Å². The molecule has 2 atom stereocenters. The second-order valence-electron chi connectivity index (χ2n) is 3.90. The summed E-state index contributed by atoms with van der Waals surface area (Å²) in [6.45, 7) is 2.06. The van der Waals surface area contributed by atoms with Crippen LogP contribution in [0.25, 0.3) is 0 Å². The van der Waals surface area contributed by atoms with Gasteiger partial charge >= 0.3 is 0 Å². The van der Waals surface area contributed by atoms with E-state index >= 15 is 0 Å². The highest BCUT2D eigenvalue weighted by atomic mass is 127. The second-order valence-corrected chi connectivity index (χ2v) is 5.15. The van der Waals surface area contributed by atoms with Crippen LogP contribution in [-0.4, -0.2) is 34.0 Å². The average molecular weight is 393 g/mol. The van der Waals surface area contributed by atoms with Crippen LogP contribution in [0.5, 0.6) is 5.75 Å². The number of aromatic hydroxyl groups is 1. The van der Waals surface area contributed by atoms with Crippen molar-refractivity contribution in [3.8, 4) is 5.75 Å². The molecule has 0 aromatic heterocycles. The lowest BCUT2D eigenvalue weighted by Gasteiger charge is -2.21. The Morgan fingerprint density at radius 1 is 1.55 bits per heavy atom. The van der Waals surface area contributed by atoms with Gasteiger partial charge in [0.15, 0.2) is 0 Å². The van der Waals surface area contributed by atoms with Crippen molar-refractivity contribution in [2.24, 2.45) is 0 Å². The molecule has 4 N–H and O–H groups in total. The molecule has 7 heteroatoms. The highest BCUT2D eigenvalue weighted by Crippen LogP contribution is 2.29. The number of nitrogens with one attached hydrogen (secondary N) is 1. The van der Waals surface area contributed by atoms with E-state index in [-0.39, 0.29) is 5.75 Å². The number of aliphatic hydroxyl groups is 1. The fourth-order valence-electron chi connectivity index (χ4n) is 1.60. The number of carbonyl (C=O) groups is 1. The molecule has 0 saturated heterocycles. The first-order valence-electron chi connectivity index (χ1n) is 5.90. The highest BCUT2D eigenvalue weighted by Gasteiger charge is 2.22. The quantitative estimate of drug-likeness (QED) is 0.254. The number of hydrogen-bond acceptors (Lipinski definition) is 5. The van der Waals surface area contributed by atoms with Crippen molar-refractivity contribution in [1.82, 2.24) is 5.48 Å². The largest absolute Gasteiger partial charge is 0.508 e. The average Bonchev–Trinajstić information content (AvgIpc) is 2.44. The molecule has 110 valence electrons.